The van der Waals surface area contributed by atoms with Crippen molar-refractivity contribution in [2.75, 3.05) is 81.7 Å². The van der Waals surface area contributed by atoms with Gasteiger partial charge in [-0.2, -0.15) is 0 Å². The minimum atomic E-state index is -1.49. The Labute approximate surface area is 140 Å². The fourth-order valence-electron chi connectivity index (χ4n) is 1.22. The molecular formula is C12H31B2N3O6. The molecule has 136 valence electrons. The zero-order chi connectivity index (χ0) is 17.7. The molecule has 0 aromatic rings. The van der Waals surface area contributed by atoms with Crippen LogP contribution in [-0.4, -0.2) is 116 Å². The van der Waals surface area contributed by atoms with E-state index in [1.807, 2.05) is 57.0 Å². The largest absolute Gasteiger partial charge is 0.667 e. The van der Waals surface area contributed by atoms with E-state index < -0.39 is 14.6 Å². The van der Waals surface area contributed by atoms with E-state index in [-0.39, 0.29) is 0 Å². The van der Waals surface area contributed by atoms with Crippen LogP contribution in [0, 0.1) is 0 Å². The van der Waals surface area contributed by atoms with Gasteiger partial charge in [-0.3, -0.25) is 0 Å². The second-order valence-corrected chi connectivity index (χ2v) is 5.81. The van der Waals surface area contributed by atoms with Gasteiger partial charge in [0.15, 0.2) is 0 Å². The van der Waals surface area contributed by atoms with E-state index in [2.05, 4.69) is 0 Å². The number of rotatable bonds is 15. The van der Waals surface area contributed by atoms with Gasteiger partial charge in [0.1, 0.15) is 0 Å². The van der Waals surface area contributed by atoms with Crippen LogP contribution < -0.4 is 0 Å². The van der Waals surface area contributed by atoms with Gasteiger partial charge in [-0.15, -0.1) is 0 Å². The van der Waals surface area contributed by atoms with Gasteiger partial charge < -0.3 is 33.7 Å². The molecule has 0 fully saturated rings. The summed E-state index contributed by atoms with van der Waals surface area (Å²) in [5, 5.41) is 9.52. The van der Waals surface area contributed by atoms with Crippen LogP contribution in [0.2, 0.25) is 0 Å². The van der Waals surface area contributed by atoms with Gasteiger partial charge in [-0.25, -0.2) is 9.61 Å². The highest BCUT2D eigenvalue weighted by Gasteiger charge is 2.27. The highest BCUT2D eigenvalue weighted by Crippen LogP contribution is 1.97. The van der Waals surface area contributed by atoms with Crippen LogP contribution in [-0.2, 0) is 23.6 Å². The number of nitrogens with zero attached hydrogens (tertiary/aromatic N) is 3. The van der Waals surface area contributed by atoms with Crippen molar-refractivity contribution in [1.82, 2.24) is 14.7 Å². The summed E-state index contributed by atoms with van der Waals surface area (Å²) in [7, 11) is 9.03. The van der Waals surface area contributed by atoms with Crippen molar-refractivity contribution in [3.05, 3.63) is 0 Å². The van der Waals surface area contributed by atoms with Crippen LogP contribution >= 0.6 is 0 Å². The van der Waals surface area contributed by atoms with Crippen LogP contribution in [0.5, 0.6) is 0 Å². The molecule has 1 N–H and O–H groups in total. The van der Waals surface area contributed by atoms with Crippen molar-refractivity contribution in [3.63, 3.8) is 0 Å². The fraction of sp³-hybridized carbons (Fsp3) is 1.00. The molecule has 0 aliphatic rings. The maximum Gasteiger partial charge on any atom is 0.667 e. The Bertz CT molecular complexity index is 263. The van der Waals surface area contributed by atoms with Gasteiger partial charge in [0.05, 0.1) is 0 Å². The van der Waals surface area contributed by atoms with Gasteiger partial charge >= 0.3 is 14.6 Å². The minimum absolute atomic E-state index is 0.311. The Morgan fingerprint density at radius 2 is 1.04 bits per heavy atom. The maximum atomic E-state index is 9.52. The average Bonchev–Trinajstić information content (AvgIpc) is 2.43. The lowest BCUT2D eigenvalue weighted by Crippen LogP contribution is -2.36. The topological polar surface area (TPSA) is 76.1 Å². The Morgan fingerprint density at radius 1 is 0.652 bits per heavy atom. The first-order chi connectivity index (χ1) is 10.8. The summed E-state index contributed by atoms with van der Waals surface area (Å²) in [6.45, 7) is 3.19. The zero-order valence-electron chi connectivity index (χ0n) is 15.2. The Morgan fingerprint density at radius 3 is 1.43 bits per heavy atom. The van der Waals surface area contributed by atoms with Crippen LogP contribution in [0.25, 0.3) is 0 Å². The molecular weight excluding hydrogens is 304 g/mol. The predicted octanol–water partition coefficient (Wildman–Crippen LogP) is -1.37. The minimum Gasteiger partial charge on any atom is -0.400 e. The van der Waals surface area contributed by atoms with E-state index in [0.717, 1.165) is 0 Å². The molecule has 0 aliphatic carbocycles. The monoisotopic (exact) mass is 335 g/mol. The summed E-state index contributed by atoms with van der Waals surface area (Å²) in [4.78, 5) is 15.6. The van der Waals surface area contributed by atoms with Crippen molar-refractivity contribution < 1.29 is 28.6 Å². The second kappa shape index (κ2) is 14.1. The molecule has 23 heavy (non-hydrogen) atoms. The maximum absolute atomic E-state index is 9.52. The second-order valence-electron chi connectivity index (χ2n) is 5.81. The van der Waals surface area contributed by atoms with Crippen molar-refractivity contribution in [3.8, 4) is 0 Å². The molecule has 0 aromatic heterocycles. The van der Waals surface area contributed by atoms with Crippen molar-refractivity contribution in [2.45, 2.75) is 0 Å². The molecule has 0 aromatic carbocycles. The normalized spacial score (nSPS) is 11.7. The smallest absolute Gasteiger partial charge is 0.400 e. The van der Waals surface area contributed by atoms with E-state index >= 15 is 0 Å². The van der Waals surface area contributed by atoms with Crippen molar-refractivity contribution >= 4 is 14.6 Å². The fourth-order valence-corrected chi connectivity index (χ4v) is 1.22. The third kappa shape index (κ3) is 16.4. The summed E-state index contributed by atoms with van der Waals surface area (Å²) in [5.41, 5.74) is 0. The first-order valence-electron chi connectivity index (χ1n) is 7.60. The van der Waals surface area contributed by atoms with Gasteiger partial charge in [-0.1, -0.05) is 0 Å². The molecule has 0 amide bonds. The third-order valence-corrected chi connectivity index (χ3v) is 2.60. The highest BCUT2D eigenvalue weighted by atomic mass is 17.2. The van der Waals surface area contributed by atoms with E-state index in [4.69, 9.17) is 23.6 Å². The zero-order valence-corrected chi connectivity index (χ0v) is 15.2. The summed E-state index contributed by atoms with van der Waals surface area (Å²) < 4.78 is 15.9. The van der Waals surface area contributed by atoms with Crippen molar-refractivity contribution in [1.29, 1.82) is 0 Å². The van der Waals surface area contributed by atoms with Crippen LogP contribution in [0.1, 0.15) is 0 Å². The Hall–Kier alpha value is -0.230. The van der Waals surface area contributed by atoms with E-state index in [1.165, 1.54) is 0 Å². The molecule has 9 nitrogen and oxygen atoms in total. The summed E-state index contributed by atoms with van der Waals surface area (Å²) in [6, 6.07) is 0. The van der Waals surface area contributed by atoms with E-state index in [0.29, 0.717) is 39.5 Å². The highest BCUT2D eigenvalue weighted by molar-refractivity contribution is 6.38. The number of likely N-dealkylation sites (N-methyl/N-ethyl adjacent to an activating group) is 3. The number of hydrogen-bond donors (Lipinski definition) is 1. The summed E-state index contributed by atoms with van der Waals surface area (Å²) in [5.74, 6) is 0. The molecule has 0 saturated carbocycles. The lowest BCUT2D eigenvalue weighted by atomic mass is 10.2. The average molecular weight is 335 g/mol. The molecule has 0 radical (unpaired) electrons. The van der Waals surface area contributed by atoms with E-state index in [1.54, 1.807) is 0 Å². The molecule has 0 spiro atoms. The molecule has 0 rings (SSSR count). The van der Waals surface area contributed by atoms with Gasteiger partial charge in [0.2, 0.25) is 0 Å². The molecule has 0 bridgehead atoms. The lowest BCUT2D eigenvalue weighted by Gasteiger charge is -2.17. The lowest BCUT2D eigenvalue weighted by molar-refractivity contribution is -0.184. The van der Waals surface area contributed by atoms with Crippen LogP contribution in [0.15, 0.2) is 0 Å². The molecule has 0 atom stereocenters. The Balaban J connectivity index is 4.01. The predicted molar refractivity (Wildman–Crippen MR) is 89.4 cm³/mol. The van der Waals surface area contributed by atoms with Gasteiger partial charge in [0.25, 0.3) is 0 Å². The molecule has 11 heteroatoms. The first kappa shape index (κ1) is 22.8. The molecule has 0 heterocycles. The SMILES string of the molecule is CN(C)CCOB(O)OOB(OCCN(C)C)OCCN(C)C. The molecule has 0 saturated heterocycles. The number of hydrogen-bond acceptors (Lipinski definition) is 9. The van der Waals surface area contributed by atoms with E-state index in [9.17, 15) is 5.02 Å². The van der Waals surface area contributed by atoms with Crippen LogP contribution in [0.3, 0.4) is 0 Å². The van der Waals surface area contributed by atoms with Crippen LogP contribution in [0.4, 0.5) is 0 Å². The summed E-state index contributed by atoms with van der Waals surface area (Å²) in [6.07, 6.45) is 0. The quantitative estimate of drug-likeness (QED) is 0.222. The third-order valence-electron chi connectivity index (χ3n) is 2.60. The van der Waals surface area contributed by atoms with Gasteiger partial charge in [0, 0.05) is 39.5 Å². The molecule has 0 unspecified atom stereocenters. The van der Waals surface area contributed by atoms with Crippen molar-refractivity contribution in [2.24, 2.45) is 0 Å². The molecule has 0 aliphatic heterocycles. The Kier molecular flexibility index (Phi) is 14.0. The first-order valence-corrected chi connectivity index (χ1v) is 7.60. The summed E-state index contributed by atoms with van der Waals surface area (Å²) >= 11 is 0. The van der Waals surface area contributed by atoms with Gasteiger partial charge in [-0.05, 0) is 42.3 Å². The standard InChI is InChI=1S/C12H31B2N3O6/c1-15(2)7-10-19-13(18)22-23-14(20-11-8-16(3)4)21-12-9-17(5)6/h18H,7-12H2,1-6H3.